The van der Waals surface area contributed by atoms with Gasteiger partial charge in [-0.3, -0.25) is 0 Å². The van der Waals surface area contributed by atoms with E-state index in [0.29, 0.717) is 4.47 Å². The van der Waals surface area contributed by atoms with E-state index in [1.165, 1.54) is 18.2 Å². The summed E-state index contributed by atoms with van der Waals surface area (Å²) in [5.41, 5.74) is 5.18. The van der Waals surface area contributed by atoms with Gasteiger partial charge in [-0.1, -0.05) is 35.9 Å². The number of rotatable bonds is 2. The summed E-state index contributed by atoms with van der Waals surface area (Å²) in [7, 11) is 0. The van der Waals surface area contributed by atoms with E-state index in [4.69, 9.17) is 17.3 Å². The van der Waals surface area contributed by atoms with Crippen molar-refractivity contribution in [1.29, 1.82) is 0 Å². The van der Waals surface area contributed by atoms with Gasteiger partial charge >= 0.3 is 0 Å². The molecule has 0 bridgehead atoms. The second-order valence-electron chi connectivity index (χ2n) is 4.41. The molecule has 19 heavy (non-hydrogen) atoms. The molecule has 0 amide bonds. The Morgan fingerprint density at radius 1 is 1.11 bits per heavy atom. The van der Waals surface area contributed by atoms with Crippen LogP contribution in [-0.2, 0) is 5.54 Å². The van der Waals surface area contributed by atoms with Crippen molar-refractivity contribution in [3.8, 4) is 0 Å². The molecule has 1 unspecified atom stereocenters. The van der Waals surface area contributed by atoms with E-state index >= 15 is 0 Å². The quantitative estimate of drug-likeness (QED) is 0.790. The second-order valence-corrected chi connectivity index (χ2v) is 5.64. The van der Waals surface area contributed by atoms with E-state index in [-0.39, 0.29) is 16.1 Å². The molecule has 1 atom stereocenters. The van der Waals surface area contributed by atoms with Crippen LogP contribution in [-0.4, -0.2) is 0 Å². The summed E-state index contributed by atoms with van der Waals surface area (Å²) in [4.78, 5) is 0. The van der Waals surface area contributed by atoms with Gasteiger partial charge in [0.2, 0.25) is 0 Å². The average molecular weight is 347 g/mol. The molecule has 0 aliphatic carbocycles. The zero-order valence-electron chi connectivity index (χ0n) is 10.1. The SMILES string of the molecule is CC(N)(c1ccccc1F)c1ccc(Br)c(Cl)c1F. The molecule has 100 valence electrons. The van der Waals surface area contributed by atoms with Crippen molar-refractivity contribution in [3.05, 3.63) is 68.7 Å². The van der Waals surface area contributed by atoms with Crippen LogP contribution in [0.2, 0.25) is 5.02 Å². The smallest absolute Gasteiger partial charge is 0.148 e. The molecular weight excluding hydrogens is 336 g/mol. The van der Waals surface area contributed by atoms with Crippen molar-refractivity contribution < 1.29 is 8.78 Å². The minimum absolute atomic E-state index is 0.0643. The predicted octanol–water partition coefficient (Wildman–Crippen LogP) is 4.60. The first-order valence-electron chi connectivity index (χ1n) is 5.53. The lowest BCUT2D eigenvalue weighted by Crippen LogP contribution is -2.36. The molecule has 0 aromatic heterocycles. The Bertz CT molecular complexity index is 629. The fourth-order valence-electron chi connectivity index (χ4n) is 1.95. The van der Waals surface area contributed by atoms with Crippen molar-refractivity contribution in [2.75, 3.05) is 0 Å². The van der Waals surface area contributed by atoms with Gasteiger partial charge in [0.05, 0.1) is 10.6 Å². The molecule has 0 aliphatic heterocycles. The molecule has 5 heteroatoms. The van der Waals surface area contributed by atoms with Crippen LogP contribution in [0.25, 0.3) is 0 Å². The molecule has 1 nitrogen and oxygen atoms in total. The van der Waals surface area contributed by atoms with Gasteiger partial charge in [-0.25, -0.2) is 8.78 Å². The maximum Gasteiger partial charge on any atom is 0.148 e. The molecule has 0 saturated carbocycles. The van der Waals surface area contributed by atoms with E-state index < -0.39 is 17.2 Å². The lowest BCUT2D eigenvalue weighted by Gasteiger charge is -2.27. The van der Waals surface area contributed by atoms with E-state index in [1.54, 1.807) is 25.1 Å². The maximum atomic E-state index is 14.2. The molecule has 0 fully saturated rings. The van der Waals surface area contributed by atoms with Gasteiger partial charge in [0.15, 0.2) is 0 Å². The van der Waals surface area contributed by atoms with Crippen molar-refractivity contribution in [2.24, 2.45) is 5.73 Å². The molecule has 0 spiro atoms. The molecule has 0 radical (unpaired) electrons. The molecule has 2 aromatic carbocycles. The van der Waals surface area contributed by atoms with Crippen LogP contribution in [0, 0.1) is 11.6 Å². The third kappa shape index (κ3) is 2.53. The molecule has 2 rings (SSSR count). The van der Waals surface area contributed by atoms with Crippen LogP contribution in [0.15, 0.2) is 40.9 Å². The Morgan fingerprint density at radius 3 is 2.37 bits per heavy atom. The Balaban J connectivity index is 2.64. The third-order valence-electron chi connectivity index (χ3n) is 3.03. The zero-order valence-corrected chi connectivity index (χ0v) is 12.4. The average Bonchev–Trinajstić information content (AvgIpc) is 2.36. The van der Waals surface area contributed by atoms with Crippen molar-refractivity contribution in [3.63, 3.8) is 0 Å². The standard InChI is InChI=1S/C14H11BrClF2N/c1-14(19,8-4-2-3-5-11(8)17)9-6-7-10(15)12(16)13(9)18/h2-7H,19H2,1H3. The summed E-state index contributed by atoms with van der Waals surface area (Å²) in [5.74, 6) is -1.13. The summed E-state index contributed by atoms with van der Waals surface area (Å²) in [6.45, 7) is 1.55. The van der Waals surface area contributed by atoms with Crippen molar-refractivity contribution in [2.45, 2.75) is 12.5 Å². The van der Waals surface area contributed by atoms with Crippen LogP contribution < -0.4 is 5.73 Å². The molecule has 0 saturated heterocycles. The van der Waals surface area contributed by atoms with Crippen LogP contribution in [0.4, 0.5) is 8.78 Å². The summed E-state index contributed by atoms with van der Waals surface area (Å²) < 4.78 is 28.5. The fraction of sp³-hybridized carbons (Fsp3) is 0.143. The highest BCUT2D eigenvalue weighted by molar-refractivity contribution is 9.10. The van der Waals surface area contributed by atoms with Crippen LogP contribution in [0.1, 0.15) is 18.1 Å². The van der Waals surface area contributed by atoms with Gasteiger partial charge in [0, 0.05) is 15.6 Å². The zero-order chi connectivity index (χ0) is 14.2. The molecule has 0 heterocycles. The lowest BCUT2D eigenvalue weighted by molar-refractivity contribution is 0.498. The predicted molar refractivity (Wildman–Crippen MR) is 76.2 cm³/mol. The van der Waals surface area contributed by atoms with E-state index in [1.807, 2.05) is 0 Å². The normalized spacial score (nSPS) is 14.2. The largest absolute Gasteiger partial charge is 0.318 e. The van der Waals surface area contributed by atoms with Crippen LogP contribution in [0.3, 0.4) is 0 Å². The van der Waals surface area contributed by atoms with Gasteiger partial charge in [0.25, 0.3) is 0 Å². The molecule has 2 N–H and O–H groups in total. The molecular formula is C14H11BrClF2N. The molecule has 0 aliphatic rings. The number of benzene rings is 2. The Hall–Kier alpha value is -0.970. The summed E-state index contributed by atoms with van der Waals surface area (Å²) in [5, 5.41) is -0.0643. The van der Waals surface area contributed by atoms with Crippen molar-refractivity contribution >= 4 is 27.5 Å². The highest BCUT2D eigenvalue weighted by atomic mass is 79.9. The topological polar surface area (TPSA) is 26.0 Å². The Labute approximate surface area is 123 Å². The summed E-state index contributed by atoms with van der Waals surface area (Å²) in [6.07, 6.45) is 0. The number of nitrogens with two attached hydrogens (primary N) is 1. The van der Waals surface area contributed by atoms with Gasteiger partial charge in [0.1, 0.15) is 11.6 Å². The highest BCUT2D eigenvalue weighted by Crippen LogP contribution is 2.35. The minimum atomic E-state index is -1.31. The number of hydrogen-bond acceptors (Lipinski definition) is 1. The maximum absolute atomic E-state index is 14.2. The Kier molecular flexibility index (Phi) is 3.95. The monoisotopic (exact) mass is 345 g/mol. The van der Waals surface area contributed by atoms with Crippen molar-refractivity contribution in [1.82, 2.24) is 0 Å². The third-order valence-corrected chi connectivity index (χ3v) is 4.29. The summed E-state index contributed by atoms with van der Waals surface area (Å²) >= 11 is 8.98. The van der Waals surface area contributed by atoms with Crippen LogP contribution >= 0.6 is 27.5 Å². The van der Waals surface area contributed by atoms with Gasteiger partial charge in [-0.2, -0.15) is 0 Å². The first-order chi connectivity index (χ1) is 8.85. The van der Waals surface area contributed by atoms with Gasteiger partial charge < -0.3 is 5.73 Å². The number of hydrogen-bond donors (Lipinski definition) is 1. The van der Waals surface area contributed by atoms with Gasteiger partial charge in [-0.15, -0.1) is 0 Å². The second kappa shape index (κ2) is 5.19. The fourth-order valence-corrected chi connectivity index (χ4v) is 2.43. The number of halogens is 4. The Morgan fingerprint density at radius 2 is 1.74 bits per heavy atom. The van der Waals surface area contributed by atoms with Gasteiger partial charge in [-0.05, 0) is 35.0 Å². The minimum Gasteiger partial charge on any atom is -0.318 e. The van der Waals surface area contributed by atoms with Crippen LogP contribution in [0.5, 0.6) is 0 Å². The first kappa shape index (κ1) is 14.4. The molecule has 2 aromatic rings. The first-order valence-corrected chi connectivity index (χ1v) is 6.70. The lowest BCUT2D eigenvalue weighted by atomic mass is 9.85. The highest BCUT2D eigenvalue weighted by Gasteiger charge is 2.30. The van der Waals surface area contributed by atoms with E-state index in [0.717, 1.165) is 0 Å². The van der Waals surface area contributed by atoms with E-state index in [9.17, 15) is 8.78 Å². The summed E-state index contributed by atoms with van der Waals surface area (Å²) in [6, 6.07) is 9.12. The van der Waals surface area contributed by atoms with E-state index in [2.05, 4.69) is 15.9 Å².